The highest BCUT2D eigenvalue weighted by molar-refractivity contribution is 5.98. The van der Waals surface area contributed by atoms with Gasteiger partial charge in [-0.2, -0.15) is 0 Å². The Bertz CT molecular complexity index is 456. The maximum Gasteiger partial charge on any atom is 0.414 e. The molecule has 6 heteroatoms. The van der Waals surface area contributed by atoms with Gasteiger partial charge in [0.15, 0.2) is 0 Å². The smallest absolute Gasteiger partial charge is 0.414 e. The lowest BCUT2D eigenvalue weighted by atomic mass is 10.2. The van der Waals surface area contributed by atoms with Gasteiger partial charge in [0.1, 0.15) is 11.2 Å². The molecule has 0 radical (unpaired) electrons. The monoisotopic (exact) mass is 269 g/mol. The number of hydrogen-bond donors (Lipinski definition) is 1. The van der Waals surface area contributed by atoms with E-state index in [4.69, 9.17) is 13.9 Å². The van der Waals surface area contributed by atoms with E-state index in [2.05, 4.69) is 5.32 Å². The van der Waals surface area contributed by atoms with E-state index in [-0.39, 0.29) is 17.6 Å². The molecular weight excluding hydrogens is 250 g/mol. The number of carbonyl (C=O) groups excluding carboxylic acids is 2. The largest absolute Gasteiger partial charge is 0.459 e. The lowest BCUT2D eigenvalue weighted by Gasteiger charge is -2.19. The Balaban J connectivity index is 2.73. The van der Waals surface area contributed by atoms with Gasteiger partial charge in [-0.3, -0.25) is 5.32 Å². The minimum absolute atomic E-state index is 0.0138. The van der Waals surface area contributed by atoms with Gasteiger partial charge in [-0.1, -0.05) is 0 Å². The molecule has 0 atom stereocenters. The van der Waals surface area contributed by atoms with Crippen molar-refractivity contribution in [1.29, 1.82) is 0 Å². The zero-order chi connectivity index (χ0) is 14.6. The number of amides is 1. The average molecular weight is 269 g/mol. The molecule has 0 saturated heterocycles. The zero-order valence-electron chi connectivity index (χ0n) is 11.8. The molecule has 1 amide bonds. The Labute approximate surface area is 112 Å². The van der Waals surface area contributed by atoms with Gasteiger partial charge in [0.2, 0.25) is 5.88 Å². The van der Waals surface area contributed by atoms with Crippen molar-refractivity contribution in [3.63, 3.8) is 0 Å². The molecule has 1 heterocycles. The third-order valence-corrected chi connectivity index (χ3v) is 1.84. The van der Waals surface area contributed by atoms with Crippen LogP contribution in [0.25, 0.3) is 0 Å². The van der Waals surface area contributed by atoms with Crippen LogP contribution in [0.15, 0.2) is 16.7 Å². The number of anilines is 1. The van der Waals surface area contributed by atoms with Crippen molar-refractivity contribution in [2.75, 3.05) is 5.32 Å². The summed E-state index contributed by atoms with van der Waals surface area (Å²) in [5, 5.41) is 2.37. The molecule has 0 unspecified atom stereocenters. The number of rotatable bonds is 3. The predicted octanol–water partition coefficient (Wildman–Crippen LogP) is 3.19. The van der Waals surface area contributed by atoms with E-state index in [1.807, 2.05) is 0 Å². The van der Waals surface area contributed by atoms with Crippen LogP contribution in [0.1, 0.15) is 45.0 Å². The number of carbonyl (C=O) groups is 2. The molecule has 0 fully saturated rings. The fourth-order valence-electron chi connectivity index (χ4n) is 1.24. The summed E-state index contributed by atoms with van der Waals surface area (Å²) in [5.74, 6) is -0.547. The Hall–Kier alpha value is -1.98. The highest BCUT2D eigenvalue weighted by atomic mass is 16.6. The Morgan fingerprint density at radius 2 is 1.95 bits per heavy atom. The topological polar surface area (TPSA) is 77.8 Å². The van der Waals surface area contributed by atoms with Gasteiger partial charge in [0.25, 0.3) is 0 Å². The summed E-state index contributed by atoms with van der Waals surface area (Å²) in [6, 6.07) is 1.43. The molecule has 0 saturated carbocycles. The summed E-state index contributed by atoms with van der Waals surface area (Å²) in [5.41, 5.74) is -0.477. The first-order chi connectivity index (χ1) is 8.69. The number of esters is 1. The van der Waals surface area contributed by atoms with Gasteiger partial charge in [0.05, 0.1) is 12.4 Å². The standard InChI is InChI=1S/C13H19NO5/c1-8(2)18-11(15)9-6-7-17-10(9)14-12(16)19-13(3,4)5/h6-8H,1-5H3,(H,14,16). The second-order valence-electron chi connectivity index (χ2n) is 5.24. The fourth-order valence-corrected chi connectivity index (χ4v) is 1.24. The van der Waals surface area contributed by atoms with Gasteiger partial charge < -0.3 is 13.9 Å². The molecule has 0 aliphatic heterocycles. The Kier molecular flexibility index (Phi) is 4.58. The molecule has 0 aliphatic carbocycles. The SMILES string of the molecule is CC(C)OC(=O)c1ccoc1NC(=O)OC(C)(C)C. The first kappa shape index (κ1) is 15.1. The van der Waals surface area contributed by atoms with Crippen LogP contribution in [0, 0.1) is 0 Å². The van der Waals surface area contributed by atoms with Gasteiger partial charge in [0, 0.05) is 0 Å². The molecule has 1 rings (SSSR count). The predicted molar refractivity (Wildman–Crippen MR) is 69.1 cm³/mol. The van der Waals surface area contributed by atoms with E-state index in [1.54, 1.807) is 34.6 Å². The first-order valence-electron chi connectivity index (χ1n) is 5.97. The molecular formula is C13H19NO5. The van der Waals surface area contributed by atoms with E-state index < -0.39 is 17.7 Å². The van der Waals surface area contributed by atoms with Crippen LogP contribution in [0.2, 0.25) is 0 Å². The van der Waals surface area contributed by atoms with Crippen molar-refractivity contribution >= 4 is 17.9 Å². The van der Waals surface area contributed by atoms with Gasteiger partial charge in [-0.25, -0.2) is 9.59 Å². The Morgan fingerprint density at radius 1 is 1.32 bits per heavy atom. The molecule has 6 nitrogen and oxygen atoms in total. The summed E-state index contributed by atoms with van der Waals surface area (Å²) in [6.07, 6.45) is 0.349. The van der Waals surface area contributed by atoms with Crippen molar-refractivity contribution in [3.8, 4) is 0 Å². The van der Waals surface area contributed by atoms with Crippen molar-refractivity contribution in [3.05, 3.63) is 17.9 Å². The first-order valence-corrected chi connectivity index (χ1v) is 5.97. The normalized spacial score (nSPS) is 11.3. The van der Waals surface area contributed by atoms with E-state index in [1.165, 1.54) is 12.3 Å². The molecule has 0 spiro atoms. The second-order valence-corrected chi connectivity index (χ2v) is 5.24. The summed E-state index contributed by atoms with van der Waals surface area (Å²) in [6.45, 7) is 8.69. The van der Waals surface area contributed by atoms with Gasteiger partial charge >= 0.3 is 12.1 Å². The minimum Gasteiger partial charge on any atom is -0.459 e. The van der Waals surface area contributed by atoms with Crippen LogP contribution in [-0.2, 0) is 9.47 Å². The number of nitrogens with one attached hydrogen (secondary N) is 1. The lowest BCUT2D eigenvalue weighted by Crippen LogP contribution is -2.27. The van der Waals surface area contributed by atoms with E-state index >= 15 is 0 Å². The molecule has 0 bridgehead atoms. The summed E-state index contributed by atoms with van der Waals surface area (Å²) >= 11 is 0. The van der Waals surface area contributed by atoms with Crippen molar-refractivity contribution in [2.24, 2.45) is 0 Å². The molecule has 0 aliphatic rings. The molecule has 1 aromatic heterocycles. The van der Waals surface area contributed by atoms with Gasteiger partial charge in [-0.05, 0) is 40.7 Å². The van der Waals surface area contributed by atoms with E-state index in [9.17, 15) is 9.59 Å². The minimum atomic E-state index is -0.693. The maximum absolute atomic E-state index is 11.7. The average Bonchev–Trinajstić information content (AvgIpc) is 2.61. The van der Waals surface area contributed by atoms with Gasteiger partial charge in [-0.15, -0.1) is 0 Å². The maximum atomic E-state index is 11.7. The number of ether oxygens (including phenoxy) is 2. The Morgan fingerprint density at radius 3 is 2.47 bits per heavy atom. The summed E-state index contributed by atoms with van der Waals surface area (Å²) in [7, 11) is 0. The fraction of sp³-hybridized carbons (Fsp3) is 0.538. The van der Waals surface area contributed by atoms with Crippen molar-refractivity contribution in [1.82, 2.24) is 0 Å². The number of hydrogen-bond acceptors (Lipinski definition) is 5. The molecule has 106 valence electrons. The van der Waals surface area contributed by atoms with Crippen molar-refractivity contribution < 1.29 is 23.5 Å². The lowest BCUT2D eigenvalue weighted by molar-refractivity contribution is 0.0378. The third-order valence-electron chi connectivity index (χ3n) is 1.84. The zero-order valence-corrected chi connectivity index (χ0v) is 11.8. The number of furan rings is 1. The van der Waals surface area contributed by atoms with Crippen LogP contribution in [0.4, 0.5) is 10.7 Å². The molecule has 1 aromatic rings. The van der Waals surface area contributed by atoms with Crippen LogP contribution < -0.4 is 5.32 Å². The van der Waals surface area contributed by atoms with Crippen LogP contribution >= 0.6 is 0 Å². The van der Waals surface area contributed by atoms with E-state index in [0.717, 1.165) is 0 Å². The van der Waals surface area contributed by atoms with Crippen LogP contribution in [-0.4, -0.2) is 23.8 Å². The molecule has 19 heavy (non-hydrogen) atoms. The third kappa shape index (κ3) is 5.03. The summed E-state index contributed by atoms with van der Waals surface area (Å²) < 4.78 is 15.1. The van der Waals surface area contributed by atoms with Crippen molar-refractivity contribution in [2.45, 2.75) is 46.3 Å². The molecule has 1 N–H and O–H groups in total. The second kappa shape index (κ2) is 5.77. The highest BCUT2D eigenvalue weighted by Crippen LogP contribution is 2.19. The van der Waals surface area contributed by atoms with Crippen LogP contribution in [0.3, 0.4) is 0 Å². The van der Waals surface area contributed by atoms with Crippen LogP contribution in [0.5, 0.6) is 0 Å². The van der Waals surface area contributed by atoms with E-state index in [0.29, 0.717) is 0 Å². The molecule has 0 aromatic carbocycles. The summed E-state index contributed by atoms with van der Waals surface area (Å²) in [4.78, 5) is 23.3. The highest BCUT2D eigenvalue weighted by Gasteiger charge is 2.22. The quantitative estimate of drug-likeness (QED) is 0.852.